The van der Waals surface area contributed by atoms with Crippen LogP contribution in [0.3, 0.4) is 0 Å². The number of halogens is 3. The largest absolute Gasteiger partial charge is 0.496 e. The third-order valence-electron chi connectivity index (χ3n) is 5.97. The van der Waals surface area contributed by atoms with E-state index in [1.54, 1.807) is 13.0 Å². The van der Waals surface area contributed by atoms with E-state index < -0.39 is 17.5 Å². The second-order valence-corrected chi connectivity index (χ2v) is 8.90. The van der Waals surface area contributed by atoms with E-state index in [4.69, 9.17) is 16.3 Å². The highest BCUT2D eigenvalue weighted by Crippen LogP contribution is 2.30. The van der Waals surface area contributed by atoms with Crippen LogP contribution in [0.15, 0.2) is 30.3 Å². The van der Waals surface area contributed by atoms with Gasteiger partial charge in [-0.2, -0.15) is 0 Å². The van der Waals surface area contributed by atoms with Crippen molar-refractivity contribution in [2.45, 2.75) is 78.1 Å². The van der Waals surface area contributed by atoms with E-state index in [-0.39, 0.29) is 16.1 Å². The van der Waals surface area contributed by atoms with Crippen molar-refractivity contribution in [2.75, 3.05) is 18.6 Å². The van der Waals surface area contributed by atoms with E-state index in [0.29, 0.717) is 18.0 Å². The number of carbonyl (C=O) groups excluding carboxylic acids is 1. The monoisotopic (exact) mass is 479 g/mol. The van der Waals surface area contributed by atoms with Gasteiger partial charge in [0.15, 0.2) is 0 Å². The van der Waals surface area contributed by atoms with E-state index in [1.807, 2.05) is 0 Å². The molecule has 2 aromatic rings. The molecular weight excluding hydrogens is 444 g/mol. The third kappa shape index (κ3) is 7.99. The second kappa shape index (κ2) is 14.2. The predicted octanol–water partition coefficient (Wildman–Crippen LogP) is 8.50. The van der Waals surface area contributed by atoms with Crippen molar-refractivity contribution in [3.05, 3.63) is 58.1 Å². The van der Waals surface area contributed by atoms with Crippen molar-refractivity contribution in [2.24, 2.45) is 0 Å². The van der Waals surface area contributed by atoms with Crippen LogP contribution < -0.4 is 9.64 Å². The lowest BCUT2D eigenvalue weighted by molar-refractivity contribution is 0.0982. The number of nitrogens with zero attached hydrogens (tertiary/aromatic N) is 1. The van der Waals surface area contributed by atoms with Gasteiger partial charge in [-0.05, 0) is 43.7 Å². The molecule has 0 aromatic heterocycles. The normalized spacial score (nSPS) is 11.0. The van der Waals surface area contributed by atoms with Gasteiger partial charge in [0.2, 0.25) is 0 Å². The maximum Gasteiger partial charge on any atom is 0.261 e. The number of anilines is 1. The van der Waals surface area contributed by atoms with Gasteiger partial charge >= 0.3 is 0 Å². The molecule has 0 saturated heterocycles. The Morgan fingerprint density at radius 1 is 0.939 bits per heavy atom. The Morgan fingerprint density at radius 3 is 2.12 bits per heavy atom. The number of hydrogen-bond donors (Lipinski definition) is 0. The Bertz CT molecular complexity index is 904. The molecule has 0 radical (unpaired) electrons. The molecule has 3 nitrogen and oxygen atoms in total. The summed E-state index contributed by atoms with van der Waals surface area (Å²) in [5, 5.41) is 0.126. The van der Waals surface area contributed by atoms with E-state index in [1.165, 1.54) is 81.2 Å². The standard InChI is InChI=1S/C27H36ClF2NO2/c1-4-5-6-7-8-9-10-11-12-13-18-31(24-16-14-21(29)19-23(24)28)27(32)22-15-17-25(33-3)20(2)26(22)30/h14-17,19H,4-13,18H2,1-3H3. The lowest BCUT2D eigenvalue weighted by Crippen LogP contribution is -2.33. The van der Waals surface area contributed by atoms with Gasteiger partial charge in [-0.3, -0.25) is 4.79 Å². The SMILES string of the molecule is CCCCCCCCCCCCN(C(=O)c1ccc(OC)c(C)c1F)c1ccc(F)cc1Cl. The minimum atomic E-state index is -0.620. The van der Waals surface area contributed by atoms with Crippen molar-refractivity contribution < 1.29 is 18.3 Å². The van der Waals surface area contributed by atoms with Gasteiger partial charge in [-0.25, -0.2) is 8.78 Å². The Morgan fingerprint density at radius 2 is 1.55 bits per heavy atom. The fourth-order valence-electron chi connectivity index (χ4n) is 3.99. The summed E-state index contributed by atoms with van der Waals surface area (Å²) in [6, 6.07) is 6.91. The number of hydrogen-bond acceptors (Lipinski definition) is 2. The molecule has 182 valence electrons. The third-order valence-corrected chi connectivity index (χ3v) is 6.27. The highest BCUT2D eigenvalue weighted by molar-refractivity contribution is 6.34. The van der Waals surface area contributed by atoms with Crippen LogP contribution in [0.4, 0.5) is 14.5 Å². The van der Waals surface area contributed by atoms with Crippen LogP contribution in [0.2, 0.25) is 5.02 Å². The number of ether oxygens (including phenoxy) is 1. The van der Waals surface area contributed by atoms with E-state index in [9.17, 15) is 13.6 Å². The van der Waals surface area contributed by atoms with Crippen molar-refractivity contribution in [1.82, 2.24) is 0 Å². The topological polar surface area (TPSA) is 29.5 Å². The first-order chi connectivity index (χ1) is 15.9. The van der Waals surface area contributed by atoms with Crippen LogP contribution in [0, 0.1) is 18.6 Å². The summed E-state index contributed by atoms with van der Waals surface area (Å²) in [4.78, 5) is 14.8. The molecule has 0 aliphatic heterocycles. The van der Waals surface area contributed by atoms with Gasteiger partial charge in [-0.15, -0.1) is 0 Å². The molecule has 0 N–H and O–H groups in total. The number of rotatable bonds is 14. The van der Waals surface area contributed by atoms with E-state index in [0.717, 1.165) is 19.3 Å². The van der Waals surface area contributed by atoms with Crippen molar-refractivity contribution >= 4 is 23.2 Å². The first kappa shape index (κ1) is 27.1. The zero-order chi connectivity index (χ0) is 24.2. The molecule has 6 heteroatoms. The fourth-order valence-corrected chi connectivity index (χ4v) is 4.26. The molecule has 0 aliphatic carbocycles. The summed E-state index contributed by atoms with van der Waals surface area (Å²) < 4.78 is 33.7. The molecule has 0 heterocycles. The highest BCUT2D eigenvalue weighted by Gasteiger charge is 2.24. The highest BCUT2D eigenvalue weighted by atomic mass is 35.5. The van der Waals surface area contributed by atoms with Gasteiger partial charge in [0.1, 0.15) is 17.4 Å². The van der Waals surface area contributed by atoms with Crippen molar-refractivity contribution in [3.8, 4) is 5.75 Å². The average Bonchev–Trinajstić information content (AvgIpc) is 2.79. The quantitative estimate of drug-likeness (QED) is 0.254. The fraction of sp³-hybridized carbons (Fsp3) is 0.519. The Hall–Kier alpha value is -2.14. The summed E-state index contributed by atoms with van der Waals surface area (Å²) in [7, 11) is 1.46. The molecule has 0 fully saturated rings. The predicted molar refractivity (Wildman–Crippen MR) is 133 cm³/mol. The molecule has 2 aromatic carbocycles. The average molecular weight is 480 g/mol. The maximum absolute atomic E-state index is 15.0. The number of unbranched alkanes of at least 4 members (excludes halogenated alkanes) is 9. The summed E-state index contributed by atoms with van der Waals surface area (Å²) in [5.41, 5.74) is 0.597. The van der Waals surface area contributed by atoms with E-state index in [2.05, 4.69) is 6.92 Å². The summed E-state index contributed by atoms with van der Waals surface area (Å²) >= 11 is 6.26. The van der Waals surface area contributed by atoms with Gasteiger partial charge in [0.05, 0.1) is 23.4 Å². The van der Waals surface area contributed by atoms with Crippen LogP contribution in [0.25, 0.3) is 0 Å². The van der Waals surface area contributed by atoms with Gasteiger partial charge in [0, 0.05) is 12.1 Å². The Kier molecular flexibility index (Phi) is 11.7. The molecule has 33 heavy (non-hydrogen) atoms. The molecule has 0 spiro atoms. The summed E-state index contributed by atoms with van der Waals surface area (Å²) in [5.74, 6) is -1.22. The lowest BCUT2D eigenvalue weighted by Gasteiger charge is -2.25. The van der Waals surface area contributed by atoms with Crippen molar-refractivity contribution in [1.29, 1.82) is 0 Å². The van der Waals surface area contributed by atoms with E-state index >= 15 is 0 Å². The zero-order valence-corrected chi connectivity index (χ0v) is 20.8. The first-order valence-corrected chi connectivity index (χ1v) is 12.4. The van der Waals surface area contributed by atoms with Crippen LogP contribution >= 0.6 is 11.6 Å². The molecule has 0 saturated carbocycles. The van der Waals surface area contributed by atoms with Crippen molar-refractivity contribution in [3.63, 3.8) is 0 Å². The molecular formula is C27H36ClF2NO2. The van der Waals surface area contributed by atoms with Gasteiger partial charge in [-0.1, -0.05) is 76.3 Å². The molecule has 0 atom stereocenters. The smallest absolute Gasteiger partial charge is 0.261 e. The molecule has 0 bridgehead atoms. The van der Waals surface area contributed by atoms with Crippen LogP contribution in [0.1, 0.15) is 87.1 Å². The van der Waals surface area contributed by atoms with Gasteiger partial charge < -0.3 is 9.64 Å². The number of carbonyl (C=O) groups is 1. The van der Waals surface area contributed by atoms with Crippen LogP contribution in [-0.2, 0) is 0 Å². The molecule has 0 unspecified atom stereocenters. The van der Waals surface area contributed by atoms with Crippen LogP contribution in [0.5, 0.6) is 5.75 Å². The Labute approximate surface area is 202 Å². The molecule has 2 rings (SSSR count). The first-order valence-electron chi connectivity index (χ1n) is 12.0. The summed E-state index contributed by atoms with van der Waals surface area (Å²) in [6.45, 7) is 4.17. The molecule has 1 amide bonds. The molecule has 0 aliphatic rings. The Balaban J connectivity index is 2.05. The summed E-state index contributed by atoms with van der Waals surface area (Å²) in [6.07, 6.45) is 11.6. The van der Waals surface area contributed by atoms with Crippen LogP contribution in [-0.4, -0.2) is 19.6 Å². The maximum atomic E-state index is 15.0. The number of amides is 1. The lowest BCUT2D eigenvalue weighted by atomic mass is 10.1. The minimum Gasteiger partial charge on any atom is -0.496 e. The zero-order valence-electron chi connectivity index (χ0n) is 20.1. The number of methoxy groups -OCH3 is 1. The number of benzene rings is 2. The van der Waals surface area contributed by atoms with Gasteiger partial charge in [0.25, 0.3) is 5.91 Å². The minimum absolute atomic E-state index is 0.0548. The second-order valence-electron chi connectivity index (χ2n) is 8.49.